The lowest BCUT2D eigenvalue weighted by molar-refractivity contribution is -0.00521. The van der Waals surface area contributed by atoms with Crippen molar-refractivity contribution < 1.29 is 14.3 Å². The van der Waals surface area contributed by atoms with Crippen LogP contribution < -0.4 is 4.74 Å². The van der Waals surface area contributed by atoms with E-state index >= 15 is 0 Å². The smallest absolute Gasteiger partial charge is 0.337 e. The Balaban J connectivity index is 1.15. The van der Waals surface area contributed by atoms with E-state index in [0.29, 0.717) is 17.6 Å². The highest BCUT2D eigenvalue weighted by Crippen LogP contribution is 2.60. The number of nitrogens with one attached hydrogen (secondary N) is 1. The van der Waals surface area contributed by atoms with E-state index in [-0.39, 0.29) is 5.97 Å². The number of esters is 1. The average molecular weight is 417 g/mol. The average Bonchev–Trinajstić information content (AvgIpc) is 3.19. The highest BCUT2D eigenvalue weighted by molar-refractivity contribution is 5.93. The summed E-state index contributed by atoms with van der Waals surface area (Å²) in [4.78, 5) is 19.5. The van der Waals surface area contributed by atoms with E-state index in [4.69, 9.17) is 9.47 Å². The first kappa shape index (κ1) is 18.9. The number of ether oxygens (including phenoxy) is 2. The van der Waals surface area contributed by atoms with Crippen LogP contribution in [-0.4, -0.2) is 23.0 Å². The molecule has 5 heteroatoms. The van der Waals surface area contributed by atoms with Gasteiger partial charge in [-0.05, 0) is 97.6 Å². The molecule has 0 unspecified atom stereocenters. The highest BCUT2D eigenvalue weighted by Gasteiger charge is 2.51. The second-order valence-corrected chi connectivity index (χ2v) is 9.92. The molecule has 4 fully saturated rings. The Labute approximate surface area is 182 Å². The molecule has 3 aromatic rings. The minimum atomic E-state index is -0.353. The number of H-pyrrole nitrogens is 1. The van der Waals surface area contributed by atoms with Crippen LogP contribution in [0.4, 0.5) is 0 Å². The van der Waals surface area contributed by atoms with Gasteiger partial charge in [-0.25, -0.2) is 9.78 Å². The molecule has 4 aliphatic rings. The molecule has 1 heterocycles. The molecule has 4 aliphatic carbocycles. The maximum atomic E-state index is 11.7. The number of imidazole rings is 1. The summed E-state index contributed by atoms with van der Waals surface area (Å²) < 4.78 is 10.8. The molecule has 31 heavy (non-hydrogen) atoms. The van der Waals surface area contributed by atoms with Crippen molar-refractivity contribution in [1.29, 1.82) is 0 Å². The van der Waals surface area contributed by atoms with E-state index in [0.717, 1.165) is 40.4 Å². The summed E-state index contributed by atoms with van der Waals surface area (Å²) in [5.74, 6) is 4.11. The van der Waals surface area contributed by atoms with Gasteiger partial charge < -0.3 is 14.5 Å². The summed E-state index contributed by atoms with van der Waals surface area (Å²) in [5, 5.41) is 0. The van der Waals surface area contributed by atoms with E-state index in [1.165, 1.54) is 51.2 Å². The normalized spacial score (nSPS) is 28.7. The first-order chi connectivity index (χ1) is 15.1. The van der Waals surface area contributed by atoms with E-state index < -0.39 is 0 Å². The number of fused-ring (bicyclic) bond motifs is 1. The van der Waals surface area contributed by atoms with Gasteiger partial charge in [0.1, 0.15) is 18.2 Å². The zero-order valence-corrected chi connectivity index (χ0v) is 17.9. The first-order valence-electron chi connectivity index (χ1n) is 11.4. The van der Waals surface area contributed by atoms with Crippen LogP contribution in [0.2, 0.25) is 0 Å². The van der Waals surface area contributed by atoms with Gasteiger partial charge in [-0.1, -0.05) is 12.1 Å². The number of aromatic nitrogens is 2. The third-order valence-electron chi connectivity index (χ3n) is 7.83. The zero-order valence-electron chi connectivity index (χ0n) is 17.9. The monoisotopic (exact) mass is 416 g/mol. The van der Waals surface area contributed by atoms with Crippen molar-refractivity contribution in [3.8, 4) is 5.75 Å². The van der Waals surface area contributed by atoms with Gasteiger partial charge in [0, 0.05) is 0 Å². The molecule has 0 aliphatic heterocycles. The van der Waals surface area contributed by atoms with Gasteiger partial charge in [0.15, 0.2) is 0 Å². The SMILES string of the molecule is COC(=O)c1ccc2nc(COc3ccc(C45CC6CC(CC(C6)C4)C5)cc3)[nH]c2c1. The fourth-order valence-corrected chi connectivity index (χ4v) is 6.90. The number of methoxy groups -OCH3 is 1. The van der Waals surface area contributed by atoms with E-state index in [9.17, 15) is 4.79 Å². The number of benzene rings is 2. The maximum absolute atomic E-state index is 11.7. The van der Waals surface area contributed by atoms with Gasteiger partial charge in [0.2, 0.25) is 0 Å². The predicted octanol–water partition coefficient (Wildman–Crippen LogP) is 5.40. The Hall–Kier alpha value is -2.82. The van der Waals surface area contributed by atoms with Crippen LogP contribution >= 0.6 is 0 Å². The lowest BCUT2D eigenvalue weighted by Gasteiger charge is -2.57. The van der Waals surface area contributed by atoms with Crippen LogP contribution in [0.3, 0.4) is 0 Å². The first-order valence-corrected chi connectivity index (χ1v) is 11.4. The number of rotatable bonds is 5. The summed E-state index contributed by atoms with van der Waals surface area (Å²) >= 11 is 0. The van der Waals surface area contributed by atoms with Crippen LogP contribution in [0.5, 0.6) is 5.75 Å². The second kappa shape index (κ2) is 7.11. The highest BCUT2D eigenvalue weighted by atomic mass is 16.5. The number of nitrogens with zero attached hydrogens (tertiary/aromatic N) is 1. The molecule has 160 valence electrons. The molecule has 0 amide bonds. The van der Waals surface area contributed by atoms with Gasteiger partial charge >= 0.3 is 5.97 Å². The summed E-state index contributed by atoms with van der Waals surface area (Å²) in [5.41, 5.74) is 4.05. The van der Waals surface area contributed by atoms with E-state index in [1.807, 2.05) is 6.07 Å². The quantitative estimate of drug-likeness (QED) is 0.566. The molecular formula is C26H28N2O3. The van der Waals surface area contributed by atoms with Crippen LogP contribution in [0.25, 0.3) is 11.0 Å². The number of hydrogen-bond acceptors (Lipinski definition) is 4. The molecule has 1 aromatic heterocycles. The Morgan fingerprint density at radius 2 is 1.71 bits per heavy atom. The van der Waals surface area contributed by atoms with E-state index in [1.54, 1.807) is 12.1 Å². The lowest BCUT2D eigenvalue weighted by atomic mass is 9.48. The minimum absolute atomic E-state index is 0.353. The number of carbonyl (C=O) groups excluding carboxylic acids is 1. The van der Waals surface area contributed by atoms with Crippen LogP contribution in [0.1, 0.15) is 60.3 Å². The largest absolute Gasteiger partial charge is 0.486 e. The molecule has 1 N–H and O–H groups in total. The van der Waals surface area contributed by atoms with Crippen molar-refractivity contribution in [3.05, 3.63) is 59.4 Å². The number of carbonyl (C=O) groups is 1. The molecule has 7 rings (SSSR count). The van der Waals surface area contributed by atoms with Crippen LogP contribution in [0, 0.1) is 17.8 Å². The Morgan fingerprint density at radius 1 is 1.03 bits per heavy atom. The van der Waals surface area contributed by atoms with Gasteiger partial charge in [-0.3, -0.25) is 0 Å². The maximum Gasteiger partial charge on any atom is 0.337 e. The number of hydrogen-bond donors (Lipinski definition) is 1. The third kappa shape index (κ3) is 3.31. The third-order valence-corrected chi connectivity index (χ3v) is 7.83. The Kier molecular flexibility index (Phi) is 4.34. The molecule has 2 aromatic carbocycles. The summed E-state index contributed by atoms with van der Waals surface area (Å²) in [7, 11) is 1.38. The molecule has 4 bridgehead atoms. The van der Waals surface area contributed by atoms with E-state index in [2.05, 4.69) is 34.2 Å². The fraction of sp³-hybridized carbons (Fsp3) is 0.462. The van der Waals surface area contributed by atoms with Crippen LogP contribution in [-0.2, 0) is 16.8 Å². The van der Waals surface area contributed by atoms with Gasteiger partial charge in [0.05, 0.1) is 23.7 Å². The number of aromatic amines is 1. The van der Waals surface area contributed by atoms with Gasteiger partial charge in [-0.2, -0.15) is 0 Å². The molecule has 0 spiro atoms. The molecule has 4 saturated carbocycles. The molecule has 5 nitrogen and oxygen atoms in total. The van der Waals surface area contributed by atoms with Crippen molar-refractivity contribution in [2.75, 3.05) is 7.11 Å². The zero-order chi connectivity index (χ0) is 21.0. The van der Waals surface area contributed by atoms with Crippen LogP contribution in [0.15, 0.2) is 42.5 Å². The topological polar surface area (TPSA) is 64.2 Å². The van der Waals surface area contributed by atoms with Gasteiger partial charge in [0.25, 0.3) is 0 Å². The predicted molar refractivity (Wildman–Crippen MR) is 118 cm³/mol. The summed E-state index contributed by atoms with van der Waals surface area (Å²) in [6.45, 7) is 0.360. The van der Waals surface area contributed by atoms with Gasteiger partial charge in [-0.15, -0.1) is 0 Å². The summed E-state index contributed by atoms with van der Waals surface area (Å²) in [6.07, 6.45) is 8.56. The molecule has 0 radical (unpaired) electrons. The minimum Gasteiger partial charge on any atom is -0.486 e. The Morgan fingerprint density at radius 3 is 2.35 bits per heavy atom. The molecule has 0 atom stereocenters. The second-order valence-electron chi connectivity index (χ2n) is 9.92. The summed E-state index contributed by atoms with van der Waals surface area (Å²) in [6, 6.07) is 14.1. The molecule has 0 saturated heterocycles. The van der Waals surface area contributed by atoms with Crippen molar-refractivity contribution in [2.45, 2.75) is 50.5 Å². The lowest BCUT2D eigenvalue weighted by Crippen LogP contribution is -2.48. The molecular weight excluding hydrogens is 388 g/mol. The Bertz CT molecular complexity index is 1100. The van der Waals surface area contributed by atoms with Crippen molar-refractivity contribution in [3.63, 3.8) is 0 Å². The van der Waals surface area contributed by atoms with Crippen molar-refractivity contribution >= 4 is 17.0 Å². The fourth-order valence-electron chi connectivity index (χ4n) is 6.90. The van der Waals surface area contributed by atoms with Crippen molar-refractivity contribution in [1.82, 2.24) is 9.97 Å². The van der Waals surface area contributed by atoms with Crippen molar-refractivity contribution in [2.24, 2.45) is 17.8 Å². The standard InChI is InChI=1S/C26H28N2O3/c1-30-25(29)19-2-7-22-23(11-19)28-24(27-22)15-31-21-5-3-20(4-6-21)26-12-16-8-17(13-26)10-18(9-16)14-26/h2-7,11,16-18H,8-10,12-15H2,1H3,(H,27,28).